The third kappa shape index (κ3) is 5.52. The monoisotopic (exact) mass is 173 g/mol. The molecule has 70 valence electrons. The van der Waals surface area contributed by atoms with E-state index in [1.807, 2.05) is 13.8 Å². The van der Waals surface area contributed by atoms with Gasteiger partial charge in [0.1, 0.15) is 0 Å². The minimum atomic E-state index is -0.353. The van der Waals surface area contributed by atoms with Crippen LogP contribution < -0.4 is 16.0 Å². The number of carbonyl (C=O) groups excluding carboxylic acids is 2. The van der Waals surface area contributed by atoms with Gasteiger partial charge in [-0.3, -0.25) is 4.79 Å². The molecule has 0 aliphatic heterocycles. The van der Waals surface area contributed by atoms with Crippen LogP contribution in [0, 0.1) is 0 Å². The molecule has 0 atom stereocenters. The van der Waals surface area contributed by atoms with Crippen molar-refractivity contribution in [2.45, 2.75) is 19.9 Å². The highest BCUT2D eigenvalue weighted by Gasteiger charge is 2.03. The second-order valence-corrected chi connectivity index (χ2v) is 2.65. The minimum absolute atomic E-state index is 0.0118. The first-order valence-electron chi connectivity index (χ1n) is 3.81. The smallest absolute Gasteiger partial charge is 0.314 e. The van der Waals surface area contributed by atoms with Gasteiger partial charge in [-0.05, 0) is 13.8 Å². The van der Waals surface area contributed by atoms with Crippen LogP contribution in [0.5, 0.6) is 0 Å². The Bertz CT molecular complexity index is 168. The van der Waals surface area contributed by atoms with Crippen molar-refractivity contribution in [2.75, 3.05) is 13.6 Å². The molecule has 5 nitrogen and oxygen atoms in total. The molecular formula is C7H15N3O2. The third-order valence-electron chi connectivity index (χ3n) is 1.09. The van der Waals surface area contributed by atoms with Crippen LogP contribution in [-0.4, -0.2) is 31.6 Å². The molecule has 0 bridgehead atoms. The zero-order valence-corrected chi connectivity index (χ0v) is 7.60. The van der Waals surface area contributed by atoms with E-state index in [4.69, 9.17) is 0 Å². The fourth-order valence-corrected chi connectivity index (χ4v) is 0.622. The highest BCUT2D eigenvalue weighted by atomic mass is 16.2. The predicted molar refractivity (Wildman–Crippen MR) is 45.7 cm³/mol. The highest BCUT2D eigenvalue weighted by molar-refractivity contribution is 5.83. The summed E-state index contributed by atoms with van der Waals surface area (Å²) in [6.45, 7) is 3.73. The van der Waals surface area contributed by atoms with Gasteiger partial charge in [-0.2, -0.15) is 0 Å². The lowest BCUT2D eigenvalue weighted by Crippen LogP contribution is -2.42. The largest absolute Gasteiger partial charge is 0.352 e. The summed E-state index contributed by atoms with van der Waals surface area (Å²) in [6, 6.07) is -0.252. The van der Waals surface area contributed by atoms with E-state index in [-0.39, 0.29) is 24.5 Å². The van der Waals surface area contributed by atoms with Crippen molar-refractivity contribution in [1.29, 1.82) is 0 Å². The molecule has 0 aromatic heterocycles. The van der Waals surface area contributed by atoms with E-state index in [0.717, 1.165) is 0 Å². The van der Waals surface area contributed by atoms with Crippen LogP contribution in [0.2, 0.25) is 0 Å². The van der Waals surface area contributed by atoms with Gasteiger partial charge < -0.3 is 16.0 Å². The van der Waals surface area contributed by atoms with Gasteiger partial charge in [0, 0.05) is 13.1 Å². The third-order valence-corrected chi connectivity index (χ3v) is 1.09. The van der Waals surface area contributed by atoms with Crippen LogP contribution in [-0.2, 0) is 4.79 Å². The summed E-state index contributed by atoms with van der Waals surface area (Å²) in [5, 5.41) is 7.36. The van der Waals surface area contributed by atoms with E-state index in [0.29, 0.717) is 0 Å². The van der Waals surface area contributed by atoms with Crippen LogP contribution in [0.25, 0.3) is 0 Å². The molecule has 0 radical (unpaired) electrons. The fraction of sp³-hybridized carbons (Fsp3) is 0.714. The molecule has 0 aromatic carbocycles. The van der Waals surface area contributed by atoms with E-state index in [2.05, 4.69) is 16.0 Å². The molecule has 0 saturated carbocycles. The van der Waals surface area contributed by atoms with Gasteiger partial charge in [0.2, 0.25) is 5.91 Å². The molecule has 0 heterocycles. The summed E-state index contributed by atoms with van der Waals surface area (Å²) < 4.78 is 0. The maximum absolute atomic E-state index is 10.9. The summed E-state index contributed by atoms with van der Waals surface area (Å²) in [7, 11) is 1.50. The molecule has 0 unspecified atom stereocenters. The average molecular weight is 173 g/mol. The highest BCUT2D eigenvalue weighted by Crippen LogP contribution is 1.75. The van der Waals surface area contributed by atoms with Gasteiger partial charge in [-0.25, -0.2) is 4.79 Å². The molecule has 0 aromatic rings. The maximum atomic E-state index is 10.9. The van der Waals surface area contributed by atoms with Crippen LogP contribution in [0.3, 0.4) is 0 Å². The Morgan fingerprint density at radius 2 is 1.92 bits per heavy atom. The van der Waals surface area contributed by atoms with Gasteiger partial charge in [0.15, 0.2) is 0 Å². The second kappa shape index (κ2) is 5.40. The van der Waals surface area contributed by atoms with Crippen molar-refractivity contribution in [3.8, 4) is 0 Å². The molecule has 0 aliphatic carbocycles. The Hall–Kier alpha value is -1.26. The summed E-state index contributed by atoms with van der Waals surface area (Å²) in [6.07, 6.45) is 0. The molecule has 0 saturated heterocycles. The van der Waals surface area contributed by atoms with Gasteiger partial charge in [-0.15, -0.1) is 0 Å². The fourth-order valence-electron chi connectivity index (χ4n) is 0.622. The zero-order chi connectivity index (χ0) is 9.56. The minimum Gasteiger partial charge on any atom is -0.352 e. The lowest BCUT2D eigenvalue weighted by Gasteiger charge is -2.08. The average Bonchev–Trinajstić information content (AvgIpc) is 1.99. The van der Waals surface area contributed by atoms with Crippen molar-refractivity contribution >= 4 is 11.9 Å². The Balaban J connectivity index is 3.51. The van der Waals surface area contributed by atoms with Gasteiger partial charge >= 0.3 is 6.03 Å². The summed E-state index contributed by atoms with van der Waals surface area (Å²) in [4.78, 5) is 21.5. The van der Waals surface area contributed by atoms with E-state index in [1.54, 1.807) is 0 Å². The summed E-state index contributed by atoms with van der Waals surface area (Å²) >= 11 is 0. The van der Waals surface area contributed by atoms with Crippen molar-refractivity contribution in [2.24, 2.45) is 0 Å². The molecule has 0 aliphatic rings. The van der Waals surface area contributed by atoms with Crippen molar-refractivity contribution in [3.05, 3.63) is 0 Å². The number of rotatable bonds is 3. The molecule has 12 heavy (non-hydrogen) atoms. The topological polar surface area (TPSA) is 70.2 Å². The Morgan fingerprint density at radius 3 is 2.33 bits per heavy atom. The maximum Gasteiger partial charge on any atom is 0.314 e. The number of nitrogens with one attached hydrogen (secondary N) is 3. The number of hydrogen-bond donors (Lipinski definition) is 3. The van der Waals surface area contributed by atoms with Gasteiger partial charge in [0.05, 0.1) is 6.54 Å². The van der Waals surface area contributed by atoms with Crippen molar-refractivity contribution in [3.63, 3.8) is 0 Å². The molecule has 0 fully saturated rings. The quantitative estimate of drug-likeness (QED) is 0.535. The second-order valence-electron chi connectivity index (χ2n) is 2.65. The van der Waals surface area contributed by atoms with E-state index in [9.17, 15) is 9.59 Å². The van der Waals surface area contributed by atoms with E-state index in [1.165, 1.54) is 7.05 Å². The van der Waals surface area contributed by atoms with Gasteiger partial charge in [-0.1, -0.05) is 0 Å². The zero-order valence-electron chi connectivity index (χ0n) is 7.60. The molecule has 0 rings (SSSR count). The predicted octanol–water partition coefficient (Wildman–Crippen LogP) is -0.560. The van der Waals surface area contributed by atoms with E-state index >= 15 is 0 Å². The number of carbonyl (C=O) groups is 2. The number of hydrogen-bond acceptors (Lipinski definition) is 2. The summed E-state index contributed by atoms with van der Waals surface area (Å²) in [5.41, 5.74) is 0. The summed E-state index contributed by atoms with van der Waals surface area (Å²) in [5.74, 6) is -0.186. The first kappa shape index (κ1) is 10.7. The number of urea groups is 1. The van der Waals surface area contributed by atoms with Crippen LogP contribution in [0.1, 0.15) is 13.8 Å². The molecule has 3 N–H and O–H groups in total. The Labute approximate surface area is 71.9 Å². The molecular weight excluding hydrogens is 158 g/mol. The van der Waals surface area contributed by atoms with Crippen molar-refractivity contribution < 1.29 is 9.59 Å². The number of amides is 3. The van der Waals surface area contributed by atoms with Crippen LogP contribution in [0.15, 0.2) is 0 Å². The van der Waals surface area contributed by atoms with Crippen molar-refractivity contribution in [1.82, 2.24) is 16.0 Å². The van der Waals surface area contributed by atoms with Gasteiger partial charge in [0.25, 0.3) is 0 Å². The van der Waals surface area contributed by atoms with E-state index < -0.39 is 0 Å². The Morgan fingerprint density at radius 1 is 1.33 bits per heavy atom. The lowest BCUT2D eigenvalue weighted by atomic mass is 10.4. The molecule has 3 amide bonds. The SMILES string of the molecule is CNC(=O)NCC(=O)NC(C)C. The van der Waals surface area contributed by atoms with Crippen LogP contribution >= 0.6 is 0 Å². The first-order valence-corrected chi connectivity index (χ1v) is 3.81. The first-order chi connectivity index (χ1) is 5.56. The normalized spacial score (nSPS) is 9.33. The standard InChI is InChI=1S/C7H15N3O2/c1-5(2)10-6(11)4-9-7(12)8-3/h5H,4H2,1-3H3,(H,10,11)(H2,8,9,12). The molecule has 0 spiro atoms. The lowest BCUT2D eigenvalue weighted by molar-refractivity contribution is -0.120. The molecule has 5 heteroatoms. The Kier molecular flexibility index (Phi) is 4.83. The van der Waals surface area contributed by atoms with Crippen LogP contribution in [0.4, 0.5) is 4.79 Å².